The number of carbonyl (C=O) groups excluding carboxylic acids is 2. The minimum atomic E-state index is -0.745. The van der Waals surface area contributed by atoms with Crippen LogP contribution in [0.5, 0.6) is 0 Å². The van der Waals surface area contributed by atoms with Crippen LogP contribution in [-0.4, -0.2) is 40.4 Å². The number of fused-ring (bicyclic) bond motifs is 3. The van der Waals surface area contributed by atoms with E-state index in [-0.39, 0.29) is 12.0 Å². The third-order valence-corrected chi connectivity index (χ3v) is 3.36. The highest BCUT2D eigenvalue weighted by atomic mass is 16.9. The summed E-state index contributed by atoms with van der Waals surface area (Å²) in [7, 11) is 1.24. The molecule has 0 aliphatic carbocycles. The third-order valence-electron chi connectivity index (χ3n) is 3.36. The van der Waals surface area contributed by atoms with Crippen LogP contribution in [0.2, 0.25) is 0 Å². The Morgan fingerprint density at radius 3 is 2.86 bits per heavy atom. The second kappa shape index (κ2) is 5.64. The van der Waals surface area contributed by atoms with Crippen LogP contribution in [0.15, 0.2) is 24.3 Å². The number of para-hydroxylation sites is 2. The van der Waals surface area contributed by atoms with Crippen LogP contribution in [0.25, 0.3) is 11.0 Å². The van der Waals surface area contributed by atoms with Gasteiger partial charge in [0, 0.05) is 0 Å². The highest BCUT2D eigenvalue weighted by molar-refractivity contribution is 5.97. The van der Waals surface area contributed by atoms with Crippen LogP contribution in [0, 0.1) is 0 Å². The van der Waals surface area contributed by atoms with E-state index in [4.69, 9.17) is 9.68 Å². The number of carbonyl (C=O) groups is 2. The number of rotatable bonds is 3. The number of imidazole rings is 1. The Kier molecular flexibility index (Phi) is 3.68. The van der Waals surface area contributed by atoms with Crippen LogP contribution in [-0.2, 0) is 9.68 Å². The monoisotopic (exact) mass is 304 g/mol. The van der Waals surface area contributed by atoms with Gasteiger partial charge >= 0.3 is 12.1 Å². The van der Waals surface area contributed by atoms with Gasteiger partial charge in [0.1, 0.15) is 0 Å². The van der Waals surface area contributed by atoms with Crippen molar-refractivity contribution in [3.63, 3.8) is 0 Å². The lowest BCUT2D eigenvalue weighted by Gasteiger charge is -2.31. The van der Waals surface area contributed by atoms with E-state index < -0.39 is 6.09 Å². The number of anilines is 1. The Balaban J connectivity index is 2.11. The molecule has 0 bridgehead atoms. The largest absolute Gasteiger partial charge is 0.451 e. The molecule has 2 amide bonds. The molecule has 116 valence electrons. The van der Waals surface area contributed by atoms with Crippen molar-refractivity contribution in [2.24, 2.45) is 0 Å². The normalized spacial score (nSPS) is 14.4. The lowest BCUT2D eigenvalue weighted by atomic mass is 10.3. The van der Waals surface area contributed by atoms with E-state index in [1.165, 1.54) is 11.7 Å². The van der Waals surface area contributed by atoms with Gasteiger partial charge in [0.15, 0.2) is 0 Å². The number of unbranched alkanes of at least 4 members (excludes halogenated alkanes) is 1. The highest BCUT2D eigenvalue weighted by Gasteiger charge is 2.37. The number of amides is 2. The van der Waals surface area contributed by atoms with Gasteiger partial charge in [-0.2, -0.15) is 5.06 Å². The zero-order valence-electron chi connectivity index (χ0n) is 12.4. The van der Waals surface area contributed by atoms with Gasteiger partial charge in [-0.25, -0.2) is 19.1 Å². The molecule has 1 aromatic carbocycles. The van der Waals surface area contributed by atoms with Crippen molar-refractivity contribution in [2.45, 2.75) is 19.8 Å². The molecule has 0 radical (unpaired) electrons. The highest BCUT2D eigenvalue weighted by Crippen LogP contribution is 2.28. The minimum absolute atomic E-state index is 0.0887. The number of hydrogen-bond acceptors (Lipinski definition) is 5. The van der Waals surface area contributed by atoms with Gasteiger partial charge in [-0.15, -0.1) is 4.94 Å². The molecule has 1 aliphatic heterocycles. The minimum Gasteiger partial charge on any atom is -0.451 e. The molecule has 0 fully saturated rings. The molecule has 0 N–H and O–H groups in total. The summed E-state index contributed by atoms with van der Waals surface area (Å²) in [6.07, 6.45) is 0.900. The van der Waals surface area contributed by atoms with Gasteiger partial charge < -0.3 is 4.74 Å². The second-order valence-corrected chi connectivity index (χ2v) is 4.82. The topological polar surface area (TPSA) is 76.9 Å². The van der Waals surface area contributed by atoms with Crippen LogP contribution in [0.4, 0.5) is 15.5 Å². The van der Waals surface area contributed by atoms with Crippen molar-refractivity contribution in [1.82, 2.24) is 14.6 Å². The zero-order valence-corrected chi connectivity index (χ0v) is 12.4. The van der Waals surface area contributed by atoms with Gasteiger partial charge in [-0.3, -0.25) is 0 Å². The number of nitrogens with zero attached hydrogens (tertiary/aromatic N) is 4. The SMILES string of the molecule is CCCCN1ON(C(=O)OC)c2nc3ccccc3n2C1=O. The average Bonchev–Trinajstić information content (AvgIpc) is 2.93. The predicted octanol–water partition coefficient (Wildman–Crippen LogP) is 2.54. The number of methoxy groups -OCH3 is 1. The maximum absolute atomic E-state index is 12.6. The number of hydroxylamine groups is 3. The average molecular weight is 304 g/mol. The van der Waals surface area contributed by atoms with Gasteiger partial charge in [0.2, 0.25) is 0 Å². The molecule has 2 heterocycles. The summed E-state index contributed by atoms with van der Waals surface area (Å²) < 4.78 is 6.05. The fraction of sp³-hybridized carbons (Fsp3) is 0.357. The maximum Gasteiger partial charge on any atom is 0.443 e. The summed E-state index contributed by atoms with van der Waals surface area (Å²) in [6.45, 7) is 2.37. The van der Waals surface area contributed by atoms with Gasteiger partial charge in [-0.05, 0) is 18.6 Å². The lowest BCUT2D eigenvalue weighted by Crippen LogP contribution is -2.50. The van der Waals surface area contributed by atoms with Crippen molar-refractivity contribution in [3.05, 3.63) is 24.3 Å². The molecule has 8 nitrogen and oxygen atoms in total. The van der Waals surface area contributed by atoms with Crippen molar-refractivity contribution in [3.8, 4) is 0 Å². The summed E-state index contributed by atoms with van der Waals surface area (Å²) >= 11 is 0. The Morgan fingerprint density at radius 1 is 1.36 bits per heavy atom. The summed E-state index contributed by atoms with van der Waals surface area (Å²) in [4.78, 5) is 34.2. The molecular formula is C14H16N4O4. The maximum atomic E-state index is 12.6. The Hall–Kier alpha value is -2.61. The molecule has 8 heteroatoms. The van der Waals surface area contributed by atoms with Crippen molar-refractivity contribution in [2.75, 3.05) is 18.7 Å². The summed E-state index contributed by atoms with van der Waals surface area (Å²) in [6, 6.07) is 6.77. The Bertz CT molecular complexity index is 727. The number of aromatic nitrogens is 2. The zero-order chi connectivity index (χ0) is 15.7. The quantitative estimate of drug-likeness (QED) is 0.871. The molecule has 2 aromatic rings. The fourth-order valence-electron chi connectivity index (χ4n) is 2.26. The van der Waals surface area contributed by atoms with Crippen molar-refractivity contribution >= 4 is 29.1 Å². The molecule has 3 rings (SSSR count). The van der Waals surface area contributed by atoms with Crippen molar-refractivity contribution < 1.29 is 19.3 Å². The number of hydrogen-bond donors (Lipinski definition) is 0. The van der Waals surface area contributed by atoms with E-state index in [2.05, 4.69) is 4.98 Å². The van der Waals surface area contributed by atoms with E-state index >= 15 is 0 Å². The molecule has 0 atom stereocenters. The first kappa shape index (κ1) is 14.3. The summed E-state index contributed by atoms with van der Waals surface area (Å²) in [5.74, 6) is 0.0887. The molecule has 0 saturated carbocycles. The fourth-order valence-corrected chi connectivity index (χ4v) is 2.26. The molecular weight excluding hydrogens is 288 g/mol. The van der Waals surface area contributed by atoms with Crippen LogP contribution in [0.1, 0.15) is 19.8 Å². The molecule has 0 spiro atoms. The van der Waals surface area contributed by atoms with E-state index in [0.29, 0.717) is 17.6 Å². The first-order chi connectivity index (χ1) is 10.7. The predicted molar refractivity (Wildman–Crippen MR) is 78.1 cm³/mol. The molecule has 0 saturated heterocycles. The summed E-state index contributed by atoms with van der Waals surface area (Å²) in [5.41, 5.74) is 1.21. The van der Waals surface area contributed by atoms with Gasteiger partial charge in [0.25, 0.3) is 5.95 Å². The molecule has 1 aliphatic rings. The smallest absolute Gasteiger partial charge is 0.443 e. The number of ether oxygens (including phenoxy) is 1. The van der Waals surface area contributed by atoms with E-state index in [1.54, 1.807) is 18.2 Å². The van der Waals surface area contributed by atoms with Crippen LogP contribution >= 0.6 is 0 Å². The molecule has 1 aromatic heterocycles. The molecule has 0 unspecified atom stereocenters. The Labute approximate surface area is 126 Å². The van der Waals surface area contributed by atoms with Crippen molar-refractivity contribution in [1.29, 1.82) is 0 Å². The second-order valence-electron chi connectivity index (χ2n) is 4.82. The standard InChI is InChI=1S/C14H16N4O4/c1-3-4-9-16-13(19)17-11-8-6-5-7-10(11)15-12(17)18(22-16)14(20)21-2/h5-8H,3-4,9H2,1-2H3. The van der Waals surface area contributed by atoms with Gasteiger partial charge in [-0.1, -0.05) is 30.5 Å². The van der Waals surface area contributed by atoms with Gasteiger partial charge in [0.05, 0.1) is 24.7 Å². The van der Waals surface area contributed by atoms with E-state index in [9.17, 15) is 9.59 Å². The van der Waals surface area contributed by atoms with Crippen LogP contribution in [0.3, 0.4) is 0 Å². The lowest BCUT2D eigenvalue weighted by molar-refractivity contribution is -0.134. The third kappa shape index (κ3) is 2.17. The summed E-state index contributed by atoms with van der Waals surface area (Å²) in [5, 5.41) is 2.03. The van der Waals surface area contributed by atoms with E-state index in [1.807, 2.05) is 13.0 Å². The first-order valence-electron chi connectivity index (χ1n) is 7.03. The first-order valence-corrected chi connectivity index (χ1v) is 7.03. The molecule has 22 heavy (non-hydrogen) atoms. The van der Waals surface area contributed by atoms with E-state index in [0.717, 1.165) is 23.0 Å². The number of benzene rings is 1. The van der Waals surface area contributed by atoms with Crippen LogP contribution < -0.4 is 5.06 Å². The Morgan fingerprint density at radius 2 is 2.14 bits per heavy atom.